The predicted octanol–water partition coefficient (Wildman–Crippen LogP) is 3.93. The molecule has 2 aromatic rings. The molecule has 0 aliphatic rings. The van der Waals surface area contributed by atoms with Crippen LogP contribution in [0.4, 0.5) is 0 Å². The Morgan fingerprint density at radius 3 is 1.83 bits per heavy atom. The van der Waals surface area contributed by atoms with E-state index in [1.807, 2.05) is 0 Å². The van der Waals surface area contributed by atoms with Gasteiger partial charge in [-0.25, -0.2) is 0 Å². The fraction of sp³-hybridized carbons (Fsp3) is 0.375. The van der Waals surface area contributed by atoms with Crippen molar-refractivity contribution in [2.75, 3.05) is 0 Å². The number of rotatable bonds is 2. The Morgan fingerprint density at radius 1 is 0.667 bits per heavy atom. The minimum atomic E-state index is -2.08. The molecule has 2 rings (SSSR count). The van der Waals surface area contributed by atoms with Gasteiger partial charge in [0.15, 0.2) is 0 Å². The van der Waals surface area contributed by atoms with Crippen molar-refractivity contribution in [1.29, 1.82) is 0 Å². The molecule has 0 unspecified atom stereocenters. The summed E-state index contributed by atoms with van der Waals surface area (Å²) in [5.74, 6) is 0. The first kappa shape index (κ1) is 14.7. The summed E-state index contributed by atoms with van der Waals surface area (Å²) in [6.45, 7) is 0. The van der Waals surface area contributed by atoms with Gasteiger partial charge < -0.3 is 0 Å². The zero-order valence-electron chi connectivity index (χ0n) is 12.5. The van der Waals surface area contributed by atoms with E-state index < -0.39 is 36.8 Å². The molecular formula is C16H24Sn2. The molecule has 0 aliphatic carbocycles. The Bertz CT molecular complexity index is 572. The predicted molar refractivity (Wildman–Crippen MR) is 89.9 cm³/mol. The molecule has 96 valence electrons. The third-order valence-corrected chi connectivity index (χ3v) is 17.1. The van der Waals surface area contributed by atoms with E-state index in [0.29, 0.717) is 0 Å². The first-order valence-corrected chi connectivity index (χ1v) is 26.7. The van der Waals surface area contributed by atoms with Crippen LogP contribution in [0.15, 0.2) is 36.4 Å². The monoisotopic (exact) mass is 456 g/mol. The molecule has 0 amide bonds. The van der Waals surface area contributed by atoms with Gasteiger partial charge in [-0.1, -0.05) is 0 Å². The van der Waals surface area contributed by atoms with Gasteiger partial charge in [-0.3, -0.25) is 0 Å². The van der Waals surface area contributed by atoms with Crippen LogP contribution in [0.1, 0.15) is 0 Å². The van der Waals surface area contributed by atoms with E-state index in [4.69, 9.17) is 0 Å². The average molecular weight is 454 g/mol. The summed E-state index contributed by atoms with van der Waals surface area (Å²) >= 11 is -4.10. The topological polar surface area (TPSA) is 0 Å². The molecule has 0 saturated heterocycles. The van der Waals surface area contributed by atoms with Crippen LogP contribution in [0, 0.1) is 0 Å². The molecule has 0 aromatic heterocycles. The van der Waals surface area contributed by atoms with Crippen LogP contribution in [0.2, 0.25) is 29.6 Å². The van der Waals surface area contributed by atoms with Crippen LogP contribution >= 0.6 is 0 Å². The van der Waals surface area contributed by atoms with Gasteiger partial charge in [-0.05, 0) is 0 Å². The Kier molecular flexibility index (Phi) is 4.09. The molecule has 0 saturated carbocycles. The van der Waals surface area contributed by atoms with Gasteiger partial charge in [0.05, 0.1) is 0 Å². The summed E-state index contributed by atoms with van der Waals surface area (Å²) in [4.78, 5) is 15.3. The molecule has 18 heavy (non-hydrogen) atoms. The molecular weight excluding hydrogens is 430 g/mol. The maximum absolute atomic E-state index is 2.55. The van der Waals surface area contributed by atoms with E-state index in [2.05, 4.69) is 66.0 Å². The van der Waals surface area contributed by atoms with Crippen molar-refractivity contribution in [2.45, 2.75) is 29.6 Å². The van der Waals surface area contributed by atoms with Crippen LogP contribution < -0.4 is 7.16 Å². The SMILES string of the molecule is [CH3][Sn]([CH3])([CH3])[c]1ccc2ccccc2[c]1[Sn]([CH3])([CH3])[CH3]. The fourth-order valence-electron chi connectivity index (χ4n) is 2.70. The molecule has 0 spiro atoms. The van der Waals surface area contributed by atoms with Gasteiger partial charge in [0, 0.05) is 0 Å². The Labute approximate surface area is 120 Å². The number of hydrogen-bond donors (Lipinski definition) is 0. The van der Waals surface area contributed by atoms with Gasteiger partial charge in [0.1, 0.15) is 0 Å². The van der Waals surface area contributed by atoms with Crippen LogP contribution in [0.25, 0.3) is 10.8 Å². The van der Waals surface area contributed by atoms with E-state index in [9.17, 15) is 0 Å². The van der Waals surface area contributed by atoms with Gasteiger partial charge >= 0.3 is 121 Å². The van der Waals surface area contributed by atoms with Crippen LogP contribution in [0.3, 0.4) is 0 Å². The van der Waals surface area contributed by atoms with E-state index in [1.54, 1.807) is 12.5 Å². The quantitative estimate of drug-likeness (QED) is 0.605. The average Bonchev–Trinajstić information content (AvgIpc) is 2.24. The van der Waals surface area contributed by atoms with Crippen molar-refractivity contribution < 1.29 is 0 Å². The van der Waals surface area contributed by atoms with Crippen molar-refractivity contribution in [3.05, 3.63) is 36.4 Å². The van der Waals surface area contributed by atoms with Crippen LogP contribution in [-0.4, -0.2) is 36.8 Å². The van der Waals surface area contributed by atoms with E-state index in [0.717, 1.165) is 0 Å². The standard InChI is InChI=1S/C10H6.6CH3.2Sn/c1-2-6-10-8-4-3-7-9(10)5-1;;;;;;;;/h1-3,5-7H;6*1H3;;. The summed E-state index contributed by atoms with van der Waals surface area (Å²) in [6.07, 6.45) is 0. The third kappa shape index (κ3) is 2.89. The summed E-state index contributed by atoms with van der Waals surface area (Å²) in [5, 5.41) is 2.98. The van der Waals surface area contributed by atoms with Crippen molar-refractivity contribution >= 4 is 54.7 Å². The Hall–Kier alpha value is 0.297. The first-order chi connectivity index (χ1) is 8.21. The summed E-state index contributed by atoms with van der Waals surface area (Å²) in [5.41, 5.74) is 0. The number of hydrogen-bond acceptors (Lipinski definition) is 0. The summed E-state index contributed by atoms with van der Waals surface area (Å²) in [7, 11) is 0. The Balaban J connectivity index is 2.89. The fourth-order valence-corrected chi connectivity index (χ4v) is 26.8. The van der Waals surface area contributed by atoms with Crippen molar-refractivity contribution in [3.63, 3.8) is 0 Å². The first-order valence-electron chi connectivity index (χ1n) is 6.74. The number of benzene rings is 2. The van der Waals surface area contributed by atoms with Crippen molar-refractivity contribution in [2.24, 2.45) is 0 Å². The molecule has 0 N–H and O–H groups in total. The van der Waals surface area contributed by atoms with Crippen LogP contribution in [-0.2, 0) is 0 Å². The number of fused-ring (bicyclic) bond motifs is 1. The second-order valence-corrected chi connectivity index (χ2v) is 35.9. The summed E-state index contributed by atoms with van der Waals surface area (Å²) in [6, 6.07) is 13.8. The second-order valence-electron chi connectivity index (χ2n) is 7.21. The van der Waals surface area contributed by atoms with Crippen LogP contribution in [0.5, 0.6) is 0 Å². The van der Waals surface area contributed by atoms with Gasteiger partial charge in [0.25, 0.3) is 0 Å². The summed E-state index contributed by atoms with van der Waals surface area (Å²) < 4.78 is 3.57. The molecule has 0 aliphatic heterocycles. The molecule has 0 radical (unpaired) electrons. The normalized spacial score (nSPS) is 13.0. The molecule has 0 fully saturated rings. The third-order valence-electron chi connectivity index (χ3n) is 3.49. The molecule has 0 heterocycles. The van der Waals surface area contributed by atoms with Gasteiger partial charge in [-0.15, -0.1) is 0 Å². The van der Waals surface area contributed by atoms with E-state index in [1.165, 1.54) is 5.39 Å². The molecule has 2 aromatic carbocycles. The molecule has 2 heteroatoms. The second kappa shape index (κ2) is 5.01. The maximum atomic E-state index is 2.55. The molecule has 0 nitrogen and oxygen atoms in total. The van der Waals surface area contributed by atoms with Gasteiger partial charge in [0.2, 0.25) is 0 Å². The van der Waals surface area contributed by atoms with E-state index in [-0.39, 0.29) is 0 Å². The minimum absolute atomic E-state index is 1.43. The van der Waals surface area contributed by atoms with Gasteiger partial charge in [-0.2, -0.15) is 0 Å². The van der Waals surface area contributed by atoms with E-state index >= 15 is 0 Å². The zero-order valence-corrected chi connectivity index (χ0v) is 18.2. The molecule has 0 atom stereocenters. The van der Waals surface area contributed by atoms with Crippen molar-refractivity contribution in [3.8, 4) is 0 Å². The van der Waals surface area contributed by atoms with Crippen molar-refractivity contribution in [1.82, 2.24) is 0 Å². The zero-order chi connectivity index (χ0) is 13.6. The molecule has 0 bridgehead atoms. The Morgan fingerprint density at radius 2 is 1.28 bits per heavy atom.